The van der Waals surface area contributed by atoms with Gasteiger partial charge in [0.15, 0.2) is 0 Å². The minimum Gasteiger partial charge on any atom is -0.330 e. The molecule has 0 unspecified atom stereocenters. The predicted octanol–water partition coefficient (Wildman–Crippen LogP) is 0.840. The molecule has 0 fully saturated rings. The number of sulfonamides is 1. The number of rotatable bonds is 5. The molecule has 2 aromatic rings. The van der Waals surface area contributed by atoms with Crippen LogP contribution in [0, 0.1) is 0 Å². The van der Waals surface area contributed by atoms with Crippen LogP contribution in [0.2, 0.25) is 0 Å². The van der Waals surface area contributed by atoms with Crippen LogP contribution in [0.4, 0.5) is 5.13 Å². The second kappa shape index (κ2) is 5.42. The molecule has 0 bridgehead atoms. The van der Waals surface area contributed by atoms with Gasteiger partial charge in [-0.25, -0.2) is 8.42 Å². The standard InChI is InChI=1S/C10H12N4O2S2/c11-6-5-8-1-3-9(4-2-8)18(15,16)14-10-13-12-7-17-10/h1-4,7H,5-6,11H2,(H,13,14). The number of nitrogens with one attached hydrogen (secondary N) is 1. The Labute approximate surface area is 109 Å². The summed E-state index contributed by atoms with van der Waals surface area (Å²) in [4.78, 5) is 0.193. The third kappa shape index (κ3) is 3.03. The molecule has 0 aliphatic carbocycles. The van der Waals surface area contributed by atoms with E-state index in [0.29, 0.717) is 6.54 Å². The molecule has 1 heterocycles. The lowest BCUT2D eigenvalue weighted by molar-refractivity contribution is 0.601. The zero-order valence-corrected chi connectivity index (χ0v) is 11.0. The fourth-order valence-electron chi connectivity index (χ4n) is 1.39. The molecule has 1 aromatic heterocycles. The number of hydrogen-bond acceptors (Lipinski definition) is 6. The molecule has 8 heteroatoms. The number of anilines is 1. The molecular formula is C10H12N4O2S2. The van der Waals surface area contributed by atoms with Crippen LogP contribution < -0.4 is 10.5 Å². The molecular weight excluding hydrogens is 272 g/mol. The van der Waals surface area contributed by atoms with Crippen LogP contribution in [-0.4, -0.2) is 25.2 Å². The maximum absolute atomic E-state index is 12.0. The SMILES string of the molecule is NCCc1ccc(S(=O)(=O)Nc2nncs2)cc1. The Kier molecular flexibility index (Phi) is 3.90. The summed E-state index contributed by atoms with van der Waals surface area (Å²) < 4.78 is 26.3. The van der Waals surface area contributed by atoms with E-state index < -0.39 is 10.0 Å². The lowest BCUT2D eigenvalue weighted by atomic mass is 10.2. The second-order valence-corrected chi connectivity index (χ2v) is 6.05. The molecule has 0 radical (unpaired) electrons. The Morgan fingerprint density at radius 3 is 2.56 bits per heavy atom. The van der Waals surface area contributed by atoms with E-state index in [1.165, 1.54) is 5.51 Å². The molecule has 18 heavy (non-hydrogen) atoms. The van der Waals surface area contributed by atoms with Crippen molar-refractivity contribution in [2.45, 2.75) is 11.3 Å². The molecule has 2 rings (SSSR count). The highest BCUT2D eigenvalue weighted by Crippen LogP contribution is 2.17. The van der Waals surface area contributed by atoms with Crippen LogP contribution in [0.1, 0.15) is 5.56 Å². The van der Waals surface area contributed by atoms with E-state index in [9.17, 15) is 8.42 Å². The first kappa shape index (κ1) is 12.9. The van der Waals surface area contributed by atoms with Crippen molar-refractivity contribution in [3.05, 3.63) is 35.3 Å². The summed E-state index contributed by atoms with van der Waals surface area (Å²) in [6.07, 6.45) is 0.726. The summed E-state index contributed by atoms with van der Waals surface area (Å²) in [5, 5.41) is 7.45. The summed E-state index contributed by atoms with van der Waals surface area (Å²) >= 11 is 1.13. The number of nitrogens with two attached hydrogens (primary N) is 1. The second-order valence-electron chi connectivity index (χ2n) is 3.53. The summed E-state index contributed by atoms with van der Waals surface area (Å²) in [6, 6.07) is 6.60. The number of aromatic nitrogens is 2. The van der Waals surface area contributed by atoms with Gasteiger partial charge in [-0.3, -0.25) is 4.72 Å². The zero-order chi connectivity index (χ0) is 13.0. The van der Waals surface area contributed by atoms with Gasteiger partial charge < -0.3 is 5.73 Å². The molecule has 0 aliphatic rings. The molecule has 0 atom stereocenters. The minimum absolute atomic E-state index is 0.193. The maximum Gasteiger partial charge on any atom is 0.263 e. The van der Waals surface area contributed by atoms with E-state index in [0.717, 1.165) is 23.3 Å². The average Bonchev–Trinajstić information content (AvgIpc) is 2.82. The van der Waals surface area contributed by atoms with Gasteiger partial charge in [-0.2, -0.15) is 0 Å². The highest BCUT2D eigenvalue weighted by molar-refractivity contribution is 7.93. The van der Waals surface area contributed by atoms with E-state index in [-0.39, 0.29) is 10.0 Å². The Morgan fingerprint density at radius 2 is 2.00 bits per heavy atom. The van der Waals surface area contributed by atoms with Crippen molar-refractivity contribution >= 4 is 26.5 Å². The average molecular weight is 284 g/mol. The van der Waals surface area contributed by atoms with Gasteiger partial charge in [-0.1, -0.05) is 23.5 Å². The highest BCUT2D eigenvalue weighted by Gasteiger charge is 2.15. The monoisotopic (exact) mass is 284 g/mol. The van der Waals surface area contributed by atoms with Crippen molar-refractivity contribution in [3.63, 3.8) is 0 Å². The van der Waals surface area contributed by atoms with Gasteiger partial charge >= 0.3 is 0 Å². The van der Waals surface area contributed by atoms with Gasteiger partial charge in [0.2, 0.25) is 5.13 Å². The topological polar surface area (TPSA) is 98.0 Å². The van der Waals surface area contributed by atoms with Crippen molar-refractivity contribution < 1.29 is 8.42 Å². The lowest BCUT2D eigenvalue weighted by Gasteiger charge is -2.05. The summed E-state index contributed by atoms with van der Waals surface area (Å²) in [6.45, 7) is 0.537. The number of benzene rings is 1. The van der Waals surface area contributed by atoms with Crippen LogP contribution in [0.5, 0.6) is 0 Å². The smallest absolute Gasteiger partial charge is 0.263 e. The highest BCUT2D eigenvalue weighted by atomic mass is 32.2. The van der Waals surface area contributed by atoms with Gasteiger partial charge in [0.1, 0.15) is 5.51 Å². The van der Waals surface area contributed by atoms with Crippen molar-refractivity contribution in [1.82, 2.24) is 10.2 Å². The maximum atomic E-state index is 12.0. The van der Waals surface area contributed by atoms with Crippen molar-refractivity contribution in [3.8, 4) is 0 Å². The molecule has 96 valence electrons. The Hall–Kier alpha value is -1.51. The van der Waals surface area contributed by atoms with E-state index in [4.69, 9.17) is 5.73 Å². The van der Waals surface area contributed by atoms with Crippen LogP contribution >= 0.6 is 11.3 Å². The van der Waals surface area contributed by atoms with Crippen molar-refractivity contribution in [2.75, 3.05) is 11.3 Å². The molecule has 0 saturated heterocycles. The van der Waals surface area contributed by atoms with Crippen LogP contribution in [0.3, 0.4) is 0 Å². The van der Waals surface area contributed by atoms with E-state index in [1.54, 1.807) is 24.3 Å². The van der Waals surface area contributed by atoms with Crippen molar-refractivity contribution in [1.29, 1.82) is 0 Å². The van der Waals surface area contributed by atoms with Gasteiger partial charge in [0, 0.05) is 0 Å². The van der Waals surface area contributed by atoms with Gasteiger partial charge in [-0.15, -0.1) is 10.2 Å². The molecule has 6 nitrogen and oxygen atoms in total. The first-order valence-electron chi connectivity index (χ1n) is 5.20. The molecule has 1 aromatic carbocycles. The summed E-state index contributed by atoms with van der Waals surface area (Å²) in [5.41, 5.74) is 7.90. The van der Waals surface area contributed by atoms with Crippen LogP contribution in [0.15, 0.2) is 34.7 Å². The van der Waals surface area contributed by atoms with E-state index in [2.05, 4.69) is 14.9 Å². The zero-order valence-electron chi connectivity index (χ0n) is 9.41. The molecule has 0 saturated carbocycles. The molecule has 3 N–H and O–H groups in total. The van der Waals surface area contributed by atoms with Crippen LogP contribution in [0.25, 0.3) is 0 Å². The van der Waals surface area contributed by atoms with Crippen LogP contribution in [-0.2, 0) is 16.4 Å². The number of hydrogen-bond donors (Lipinski definition) is 2. The van der Waals surface area contributed by atoms with Gasteiger partial charge in [0.05, 0.1) is 4.90 Å². The quantitative estimate of drug-likeness (QED) is 0.848. The minimum atomic E-state index is -3.59. The predicted molar refractivity (Wildman–Crippen MR) is 69.9 cm³/mol. The van der Waals surface area contributed by atoms with E-state index >= 15 is 0 Å². The van der Waals surface area contributed by atoms with Gasteiger partial charge in [0.25, 0.3) is 10.0 Å². The third-order valence-electron chi connectivity index (χ3n) is 2.25. The molecule has 0 amide bonds. The van der Waals surface area contributed by atoms with Gasteiger partial charge in [-0.05, 0) is 30.7 Å². The fraction of sp³-hybridized carbons (Fsp3) is 0.200. The lowest BCUT2D eigenvalue weighted by Crippen LogP contribution is -2.13. The Balaban J connectivity index is 2.19. The fourth-order valence-corrected chi connectivity index (χ4v) is 3.09. The first-order chi connectivity index (χ1) is 8.62. The summed E-state index contributed by atoms with van der Waals surface area (Å²) in [7, 11) is -3.59. The summed E-state index contributed by atoms with van der Waals surface area (Å²) in [5.74, 6) is 0. The van der Waals surface area contributed by atoms with E-state index in [1.807, 2.05) is 0 Å². The first-order valence-corrected chi connectivity index (χ1v) is 7.56. The third-order valence-corrected chi connectivity index (χ3v) is 4.34. The number of nitrogens with zero attached hydrogens (tertiary/aromatic N) is 2. The van der Waals surface area contributed by atoms with Crippen molar-refractivity contribution in [2.24, 2.45) is 5.73 Å². The largest absolute Gasteiger partial charge is 0.330 e. The Morgan fingerprint density at radius 1 is 1.28 bits per heavy atom. The Bertz CT molecular complexity index is 593. The molecule has 0 spiro atoms. The normalized spacial score (nSPS) is 11.4. The molecule has 0 aliphatic heterocycles.